The first-order valence-electron chi connectivity index (χ1n) is 4.10. The highest BCUT2D eigenvalue weighted by molar-refractivity contribution is 5.10. The molecule has 0 unspecified atom stereocenters. The molecule has 0 bridgehead atoms. The van der Waals surface area contributed by atoms with Gasteiger partial charge in [0.1, 0.15) is 0 Å². The third-order valence-corrected chi connectivity index (χ3v) is 2.08. The molecule has 0 amide bonds. The predicted octanol–water partition coefficient (Wildman–Crippen LogP) is 1.73. The second-order valence-corrected chi connectivity index (χ2v) is 2.96. The summed E-state index contributed by atoms with van der Waals surface area (Å²) in [5, 5.41) is 6.54. The molecule has 1 aliphatic carbocycles. The largest absolute Gasteiger partial charge is 0.487 e. The van der Waals surface area contributed by atoms with Gasteiger partial charge in [-0.25, -0.2) is 0 Å². The molecule has 1 N–H and O–H groups in total. The number of H-pyrrole nitrogens is 1. The molecule has 1 aromatic heterocycles. The van der Waals surface area contributed by atoms with Crippen molar-refractivity contribution in [2.24, 2.45) is 0 Å². The van der Waals surface area contributed by atoms with Gasteiger partial charge >= 0.3 is 0 Å². The van der Waals surface area contributed by atoms with Crippen LogP contribution < -0.4 is 4.74 Å². The lowest BCUT2D eigenvalue weighted by Gasteiger charge is -2.09. The van der Waals surface area contributed by atoms with E-state index in [4.69, 9.17) is 4.74 Å². The third kappa shape index (κ3) is 1.53. The number of rotatable bonds is 2. The van der Waals surface area contributed by atoms with Gasteiger partial charge in [0.05, 0.1) is 18.5 Å². The maximum Gasteiger partial charge on any atom is 0.157 e. The molecule has 0 aromatic carbocycles. The summed E-state index contributed by atoms with van der Waals surface area (Å²) in [4.78, 5) is 0. The fourth-order valence-electron chi connectivity index (χ4n) is 1.50. The lowest BCUT2D eigenvalue weighted by molar-refractivity contribution is 0.210. The van der Waals surface area contributed by atoms with Crippen LogP contribution in [0.25, 0.3) is 0 Å². The fraction of sp³-hybridized carbons (Fsp3) is 0.625. The van der Waals surface area contributed by atoms with Crippen LogP contribution in [-0.4, -0.2) is 16.3 Å². The predicted molar refractivity (Wildman–Crippen MR) is 41.5 cm³/mol. The van der Waals surface area contributed by atoms with Crippen LogP contribution in [0.3, 0.4) is 0 Å². The minimum absolute atomic E-state index is 0.438. The molecule has 1 aliphatic rings. The van der Waals surface area contributed by atoms with Gasteiger partial charge in [-0.15, -0.1) is 0 Å². The van der Waals surface area contributed by atoms with Crippen molar-refractivity contribution in [3.63, 3.8) is 0 Å². The SMILES string of the molecule is c1n[nH]cc1OC1CCCC1. The third-order valence-electron chi connectivity index (χ3n) is 2.08. The Morgan fingerprint density at radius 1 is 1.45 bits per heavy atom. The average Bonchev–Trinajstić information content (AvgIpc) is 2.60. The lowest BCUT2D eigenvalue weighted by Crippen LogP contribution is -2.09. The zero-order valence-electron chi connectivity index (χ0n) is 6.42. The topological polar surface area (TPSA) is 37.9 Å². The molecule has 0 spiro atoms. The van der Waals surface area contributed by atoms with Gasteiger partial charge in [0, 0.05) is 0 Å². The van der Waals surface area contributed by atoms with Crippen molar-refractivity contribution in [1.29, 1.82) is 0 Å². The first-order chi connectivity index (χ1) is 5.45. The Morgan fingerprint density at radius 2 is 2.27 bits per heavy atom. The summed E-state index contributed by atoms with van der Waals surface area (Å²) in [7, 11) is 0. The zero-order chi connectivity index (χ0) is 7.52. The molecular weight excluding hydrogens is 140 g/mol. The quantitative estimate of drug-likeness (QED) is 0.700. The standard InChI is InChI=1S/C8H12N2O/c1-2-4-7(3-1)11-8-5-9-10-6-8/h5-7H,1-4H2,(H,9,10). The van der Waals surface area contributed by atoms with Gasteiger partial charge in [0.25, 0.3) is 0 Å². The van der Waals surface area contributed by atoms with Crippen molar-refractivity contribution < 1.29 is 4.74 Å². The van der Waals surface area contributed by atoms with E-state index in [-0.39, 0.29) is 0 Å². The fourth-order valence-corrected chi connectivity index (χ4v) is 1.50. The Hall–Kier alpha value is -0.990. The summed E-state index contributed by atoms with van der Waals surface area (Å²) < 4.78 is 5.62. The molecule has 0 atom stereocenters. The molecule has 1 aromatic rings. The number of nitrogens with one attached hydrogen (secondary N) is 1. The van der Waals surface area contributed by atoms with Crippen molar-refractivity contribution in [2.45, 2.75) is 31.8 Å². The van der Waals surface area contributed by atoms with Crippen molar-refractivity contribution in [1.82, 2.24) is 10.2 Å². The van der Waals surface area contributed by atoms with Gasteiger partial charge in [-0.05, 0) is 25.7 Å². The second-order valence-electron chi connectivity index (χ2n) is 2.96. The van der Waals surface area contributed by atoms with E-state index in [2.05, 4.69) is 10.2 Å². The molecule has 11 heavy (non-hydrogen) atoms. The zero-order valence-corrected chi connectivity index (χ0v) is 6.42. The van der Waals surface area contributed by atoms with Crippen LogP contribution in [0.2, 0.25) is 0 Å². The maximum atomic E-state index is 5.62. The number of nitrogens with zero attached hydrogens (tertiary/aromatic N) is 1. The highest BCUT2D eigenvalue weighted by Crippen LogP contribution is 2.22. The van der Waals surface area contributed by atoms with Crippen molar-refractivity contribution in [3.8, 4) is 5.75 Å². The van der Waals surface area contributed by atoms with E-state index < -0.39 is 0 Å². The summed E-state index contributed by atoms with van der Waals surface area (Å²) in [5.41, 5.74) is 0. The van der Waals surface area contributed by atoms with Gasteiger partial charge in [-0.2, -0.15) is 5.10 Å². The van der Waals surface area contributed by atoms with Gasteiger partial charge in [-0.3, -0.25) is 5.10 Å². The summed E-state index contributed by atoms with van der Waals surface area (Å²) in [5.74, 6) is 0.872. The normalized spacial score (nSPS) is 18.9. The number of hydrogen-bond acceptors (Lipinski definition) is 2. The lowest BCUT2D eigenvalue weighted by atomic mass is 10.3. The molecule has 0 aliphatic heterocycles. The molecule has 1 fully saturated rings. The van der Waals surface area contributed by atoms with Crippen LogP contribution in [0, 0.1) is 0 Å². The molecule has 3 nitrogen and oxygen atoms in total. The Labute approximate surface area is 65.8 Å². The van der Waals surface area contributed by atoms with Crippen LogP contribution in [0.15, 0.2) is 12.4 Å². The summed E-state index contributed by atoms with van der Waals surface area (Å²) >= 11 is 0. The number of aromatic amines is 1. The summed E-state index contributed by atoms with van der Waals surface area (Å²) in [6.45, 7) is 0. The summed E-state index contributed by atoms with van der Waals surface area (Å²) in [6.07, 6.45) is 8.96. The Bertz CT molecular complexity index is 202. The van der Waals surface area contributed by atoms with Crippen LogP contribution >= 0.6 is 0 Å². The maximum absolute atomic E-state index is 5.62. The molecule has 3 heteroatoms. The molecule has 0 radical (unpaired) electrons. The number of ether oxygens (including phenoxy) is 1. The molecule has 0 saturated heterocycles. The molecule has 60 valence electrons. The first kappa shape index (κ1) is 6.70. The minimum Gasteiger partial charge on any atom is -0.487 e. The van der Waals surface area contributed by atoms with Crippen molar-refractivity contribution >= 4 is 0 Å². The first-order valence-corrected chi connectivity index (χ1v) is 4.10. The van der Waals surface area contributed by atoms with E-state index in [0.717, 1.165) is 5.75 Å². The Morgan fingerprint density at radius 3 is 2.91 bits per heavy atom. The van der Waals surface area contributed by atoms with Gasteiger partial charge < -0.3 is 4.74 Å². The summed E-state index contributed by atoms with van der Waals surface area (Å²) in [6, 6.07) is 0. The van der Waals surface area contributed by atoms with Gasteiger partial charge in [0.15, 0.2) is 5.75 Å². The Kier molecular flexibility index (Phi) is 1.79. The highest BCUT2D eigenvalue weighted by Gasteiger charge is 2.16. The van der Waals surface area contributed by atoms with Gasteiger partial charge in [-0.1, -0.05) is 0 Å². The molecule has 2 rings (SSSR count). The smallest absolute Gasteiger partial charge is 0.157 e. The van der Waals surface area contributed by atoms with E-state index in [1.54, 1.807) is 12.4 Å². The van der Waals surface area contributed by atoms with E-state index in [9.17, 15) is 0 Å². The average molecular weight is 152 g/mol. The number of hydrogen-bond donors (Lipinski definition) is 1. The van der Waals surface area contributed by atoms with E-state index in [0.29, 0.717) is 6.10 Å². The van der Waals surface area contributed by atoms with Crippen molar-refractivity contribution in [2.75, 3.05) is 0 Å². The van der Waals surface area contributed by atoms with E-state index in [1.807, 2.05) is 0 Å². The second kappa shape index (κ2) is 2.95. The molecular formula is C8H12N2O. The monoisotopic (exact) mass is 152 g/mol. The van der Waals surface area contributed by atoms with Crippen LogP contribution in [0.1, 0.15) is 25.7 Å². The van der Waals surface area contributed by atoms with Crippen LogP contribution in [0.5, 0.6) is 5.75 Å². The van der Waals surface area contributed by atoms with Crippen LogP contribution in [0.4, 0.5) is 0 Å². The Balaban J connectivity index is 1.90. The van der Waals surface area contributed by atoms with E-state index >= 15 is 0 Å². The minimum atomic E-state index is 0.438. The van der Waals surface area contributed by atoms with E-state index in [1.165, 1.54) is 25.7 Å². The van der Waals surface area contributed by atoms with Crippen molar-refractivity contribution in [3.05, 3.63) is 12.4 Å². The van der Waals surface area contributed by atoms with Gasteiger partial charge in [0.2, 0.25) is 0 Å². The molecule has 1 heterocycles. The van der Waals surface area contributed by atoms with Crippen LogP contribution in [-0.2, 0) is 0 Å². The number of aromatic nitrogens is 2. The highest BCUT2D eigenvalue weighted by atomic mass is 16.5. The molecule has 1 saturated carbocycles.